The molecule has 1 aliphatic rings. The van der Waals surface area contributed by atoms with Gasteiger partial charge in [0, 0.05) is 23.0 Å². The molecule has 6 aromatic rings. The molecule has 1 aliphatic carbocycles. The molecule has 0 bridgehead atoms. The van der Waals surface area contributed by atoms with Gasteiger partial charge >= 0.3 is 5.97 Å². The maximum atomic E-state index is 13.6. The van der Waals surface area contributed by atoms with Gasteiger partial charge in [0.1, 0.15) is 5.82 Å². The molecule has 2 heterocycles. The van der Waals surface area contributed by atoms with Crippen LogP contribution in [0.3, 0.4) is 0 Å². The number of tetrazole rings is 1. The molecule has 266 valence electrons. The summed E-state index contributed by atoms with van der Waals surface area (Å²) in [5.41, 5.74) is 4.77. The summed E-state index contributed by atoms with van der Waals surface area (Å²) < 4.78 is 0. The molecule has 0 spiro atoms. The number of benzene rings is 4. The summed E-state index contributed by atoms with van der Waals surface area (Å²) in [7, 11) is 0. The normalized spacial score (nSPS) is 18.6. The number of carboxylic acids is 1. The zero-order valence-corrected chi connectivity index (χ0v) is 29.9. The number of hydrogen-bond acceptors (Lipinski definition) is 7. The molecule has 0 radical (unpaired) electrons. The first-order chi connectivity index (χ1) is 25.8. The van der Waals surface area contributed by atoms with Crippen molar-refractivity contribution in [2.24, 2.45) is 0 Å². The number of unbranched alkanes of at least 4 members (excludes halogenated alkanes) is 1. The summed E-state index contributed by atoms with van der Waals surface area (Å²) in [5.74, 6) is -0.270. The molecule has 0 fully saturated rings. The molecule has 0 aliphatic heterocycles. The van der Waals surface area contributed by atoms with E-state index < -0.39 is 16.8 Å². The zero-order valence-electron chi connectivity index (χ0n) is 29.9. The summed E-state index contributed by atoms with van der Waals surface area (Å²) in [6.45, 7) is 5.93. The van der Waals surface area contributed by atoms with E-state index in [4.69, 9.17) is 4.98 Å². The quantitative estimate of drug-likeness (QED) is 0.0999. The molecule has 4 N–H and O–H groups in total. The largest absolute Gasteiger partial charge is 0.481 e. The molecule has 10 heteroatoms. The van der Waals surface area contributed by atoms with Gasteiger partial charge in [0.15, 0.2) is 0 Å². The van der Waals surface area contributed by atoms with Crippen LogP contribution in [0.4, 0.5) is 5.69 Å². The van der Waals surface area contributed by atoms with E-state index in [9.17, 15) is 14.7 Å². The lowest BCUT2D eigenvalue weighted by Gasteiger charge is -2.51. The first-order valence-electron chi connectivity index (χ1n) is 17.8. The highest BCUT2D eigenvalue weighted by Crippen LogP contribution is 2.63. The fraction of sp³-hybridized carbons (Fsp3) is 0.209. The van der Waals surface area contributed by atoms with Gasteiger partial charge in [-0.1, -0.05) is 128 Å². The summed E-state index contributed by atoms with van der Waals surface area (Å²) in [4.78, 5) is 35.0. The number of aliphatic carboxylic acids is 1. The molecule has 10 nitrogen and oxygen atoms in total. The lowest BCUT2D eigenvalue weighted by molar-refractivity contribution is -0.137. The average Bonchev–Trinajstić information content (AvgIpc) is 3.71. The van der Waals surface area contributed by atoms with Gasteiger partial charge in [0.25, 0.3) is 5.56 Å². The Balaban J connectivity index is 1.77. The second kappa shape index (κ2) is 14.7. The van der Waals surface area contributed by atoms with Crippen molar-refractivity contribution in [1.29, 1.82) is 0 Å². The predicted molar refractivity (Wildman–Crippen MR) is 207 cm³/mol. The lowest BCUT2D eigenvalue weighted by atomic mass is 9.52. The third kappa shape index (κ3) is 6.26. The Bertz CT molecular complexity index is 2350. The van der Waals surface area contributed by atoms with Crippen molar-refractivity contribution >= 4 is 22.8 Å². The number of allylic oxidation sites excluding steroid dienone is 3. The third-order valence-corrected chi connectivity index (χ3v) is 10.3. The summed E-state index contributed by atoms with van der Waals surface area (Å²) in [6.07, 6.45) is 1.77. The summed E-state index contributed by atoms with van der Waals surface area (Å²) in [5, 5.41) is 30.9. The van der Waals surface area contributed by atoms with Crippen LogP contribution < -0.4 is 10.9 Å². The van der Waals surface area contributed by atoms with Crippen molar-refractivity contribution in [2.75, 3.05) is 5.32 Å². The summed E-state index contributed by atoms with van der Waals surface area (Å²) in [6, 6.07) is 39.2. The number of anilines is 1. The monoisotopic (exact) mass is 703 g/mol. The standard InChI is InChI=1S/C43H41N7O3/c1-4-5-25-42(35-26-36(51)45-29(3)44-35)38(31-19-11-7-12-20-31)28(2)43(27-37(52)53,34-24-16-15-23-33(34)30-17-9-6-10-18-30)40(39(42)41-47-49-50-48-41)46-32-21-13-8-14-22-32/h6-24,26,46H,4-5,25,27H2,1-3H3,(H,52,53)(H,44,45,51)(H,47,48,49,50). The Morgan fingerprint density at radius 3 is 2.08 bits per heavy atom. The van der Waals surface area contributed by atoms with Crippen LogP contribution in [0, 0.1) is 6.92 Å². The van der Waals surface area contributed by atoms with E-state index >= 15 is 0 Å². The Morgan fingerprint density at radius 1 is 0.811 bits per heavy atom. The van der Waals surface area contributed by atoms with Gasteiger partial charge in [0.2, 0.25) is 5.82 Å². The number of H-pyrrole nitrogens is 2. The number of carboxylic acid groups (broad SMARTS) is 1. The number of para-hydroxylation sites is 1. The van der Waals surface area contributed by atoms with Crippen LogP contribution in [0.2, 0.25) is 0 Å². The van der Waals surface area contributed by atoms with Gasteiger partial charge in [0.05, 0.1) is 22.9 Å². The van der Waals surface area contributed by atoms with Crippen LogP contribution in [0.15, 0.2) is 137 Å². The van der Waals surface area contributed by atoms with E-state index in [1.54, 1.807) is 13.0 Å². The number of aromatic amines is 2. The van der Waals surface area contributed by atoms with Crippen LogP contribution in [0.5, 0.6) is 0 Å². The lowest BCUT2D eigenvalue weighted by Crippen LogP contribution is -2.47. The van der Waals surface area contributed by atoms with Crippen LogP contribution in [-0.4, -0.2) is 41.7 Å². The van der Waals surface area contributed by atoms with Crippen molar-refractivity contribution in [3.8, 4) is 11.1 Å². The molecule has 53 heavy (non-hydrogen) atoms. The number of rotatable bonds is 12. The van der Waals surface area contributed by atoms with Crippen molar-refractivity contribution in [2.45, 2.75) is 57.3 Å². The molecule has 2 aromatic heterocycles. The van der Waals surface area contributed by atoms with Gasteiger partial charge in [-0.3, -0.25) is 9.59 Å². The molecule has 0 amide bonds. The highest BCUT2D eigenvalue weighted by molar-refractivity contribution is 6.00. The number of aromatic nitrogens is 6. The minimum absolute atomic E-state index is 0.271. The minimum Gasteiger partial charge on any atom is -0.481 e. The van der Waals surface area contributed by atoms with E-state index in [-0.39, 0.29) is 17.8 Å². The van der Waals surface area contributed by atoms with Gasteiger partial charge in [-0.15, -0.1) is 10.2 Å². The molecule has 4 aromatic carbocycles. The highest BCUT2D eigenvalue weighted by atomic mass is 16.4. The van der Waals surface area contributed by atoms with E-state index in [0.717, 1.165) is 51.9 Å². The Hall–Kier alpha value is -6.42. The first kappa shape index (κ1) is 35.0. The zero-order chi connectivity index (χ0) is 37.0. The number of aryl methyl sites for hydroxylation is 1. The highest BCUT2D eigenvalue weighted by Gasteiger charge is 2.57. The van der Waals surface area contributed by atoms with Crippen LogP contribution >= 0.6 is 0 Å². The van der Waals surface area contributed by atoms with E-state index in [0.29, 0.717) is 29.2 Å². The van der Waals surface area contributed by atoms with Gasteiger partial charge in [-0.25, -0.2) is 4.98 Å². The van der Waals surface area contributed by atoms with Crippen LogP contribution in [-0.2, 0) is 15.6 Å². The predicted octanol–water partition coefficient (Wildman–Crippen LogP) is 8.11. The molecule has 2 atom stereocenters. The first-order valence-corrected chi connectivity index (χ1v) is 17.8. The minimum atomic E-state index is -1.33. The van der Waals surface area contributed by atoms with Crippen molar-refractivity contribution in [1.82, 2.24) is 30.6 Å². The van der Waals surface area contributed by atoms with E-state index in [1.165, 1.54) is 0 Å². The SMILES string of the molecule is CCCCC1(c2cc(=O)[nH]c(C)n2)C(c2ccccc2)=C(C)C(CC(=O)O)(c2ccccc2-c2ccccc2)C(Nc2ccccc2)=C1c1nn[nH]n1. The second-order valence-electron chi connectivity index (χ2n) is 13.5. The topological polar surface area (TPSA) is 150 Å². The van der Waals surface area contributed by atoms with E-state index in [1.807, 2.05) is 122 Å². The fourth-order valence-electron chi connectivity index (χ4n) is 8.22. The van der Waals surface area contributed by atoms with Crippen molar-refractivity contribution in [3.05, 3.63) is 171 Å². The molecular weight excluding hydrogens is 663 g/mol. The molecule has 2 unspecified atom stereocenters. The number of hydrogen-bond donors (Lipinski definition) is 4. The summed E-state index contributed by atoms with van der Waals surface area (Å²) >= 11 is 0. The number of nitrogens with one attached hydrogen (secondary N) is 3. The molecule has 7 rings (SSSR count). The molecule has 0 saturated carbocycles. The number of nitrogens with zero attached hydrogens (tertiary/aromatic N) is 4. The number of carbonyl (C=O) groups is 1. The Morgan fingerprint density at radius 2 is 1.45 bits per heavy atom. The van der Waals surface area contributed by atoms with Crippen LogP contribution in [0.1, 0.15) is 68.0 Å². The van der Waals surface area contributed by atoms with Crippen LogP contribution in [0.25, 0.3) is 22.3 Å². The Labute approximate surface area is 307 Å². The smallest absolute Gasteiger partial charge is 0.304 e. The molecule has 0 saturated heterocycles. The Kier molecular flexibility index (Phi) is 9.69. The maximum absolute atomic E-state index is 13.6. The van der Waals surface area contributed by atoms with Gasteiger partial charge in [-0.05, 0) is 65.4 Å². The van der Waals surface area contributed by atoms with E-state index in [2.05, 4.69) is 37.8 Å². The second-order valence-corrected chi connectivity index (χ2v) is 13.5. The molecular formula is C43H41N7O3. The van der Waals surface area contributed by atoms with Crippen molar-refractivity contribution in [3.63, 3.8) is 0 Å². The fourth-order valence-corrected chi connectivity index (χ4v) is 8.22. The average molecular weight is 704 g/mol. The maximum Gasteiger partial charge on any atom is 0.304 e. The van der Waals surface area contributed by atoms with Crippen molar-refractivity contribution < 1.29 is 9.90 Å². The van der Waals surface area contributed by atoms with Gasteiger partial charge in [-0.2, -0.15) is 5.21 Å². The third-order valence-electron chi connectivity index (χ3n) is 10.3. The van der Waals surface area contributed by atoms with Gasteiger partial charge < -0.3 is 15.4 Å².